The zero-order valence-corrected chi connectivity index (χ0v) is 18.7. The van der Waals surface area contributed by atoms with Crippen LogP contribution in [0.3, 0.4) is 0 Å². The van der Waals surface area contributed by atoms with Crippen LogP contribution in [0.25, 0.3) is 28.7 Å². The monoisotopic (exact) mass is 443 g/mol. The van der Waals surface area contributed by atoms with Crippen molar-refractivity contribution >= 4 is 12.0 Å². The third-order valence-corrected chi connectivity index (χ3v) is 5.29. The van der Waals surface area contributed by atoms with Gasteiger partial charge in [-0.2, -0.15) is 0 Å². The third-order valence-electron chi connectivity index (χ3n) is 5.29. The highest BCUT2D eigenvalue weighted by Crippen LogP contribution is 2.30. The van der Waals surface area contributed by atoms with Crippen molar-refractivity contribution in [2.45, 2.75) is 32.8 Å². The van der Waals surface area contributed by atoms with Gasteiger partial charge in [-0.15, -0.1) is 10.2 Å². The lowest BCUT2D eigenvalue weighted by atomic mass is 10.1. The Morgan fingerprint density at radius 3 is 2.76 bits per heavy atom. The number of aryl methyl sites for hydroxylation is 1. The van der Waals surface area contributed by atoms with Crippen LogP contribution in [0.2, 0.25) is 0 Å². The maximum atomic E-state index is 10.8. The number of nitrogens with zero attached hydrogens (tertiary/aromatic N) is 5. The van der Waals surface area contributed by atoms with E-state index in [1.807, 2.05) is 41.9 Å². The van der Waals surface area contributed by atoms with Crippen LogP contribution in [0, 0.1) is 0 Å². The molecule has 8 nitrogen and oxygen atoms in total. The molecule has 0 fully saturated rings. The zero-order valence-electron chi connectivity index (χ0n) is 18.7. The first kappa shape index (κ1) is 22.1. The number of unbranched alkanes of at least 4 members (excludes halogenated alkanes) is 1. The predicted molar refractivity (Wildman–Crippen MR) is 124 cm³/mol. The molecule has 0 radical (unpaired) electrons. The van der Waals surface area contributed by atoms with E-state index >= 15 is 0 Å². The molecule has 4 rings (SSSR count). The molecule has 4 aromatic rings. The summed E-state index contributed by atoms with van der Waals surface area (Å²) in [5.41, 5.74) is 3.51. The van der Waals surface area contributed by atoms with E-state index in [2.05, 4.69) is 33.8 Å². The van der Waals surface area contributed by atoms with Crippen LogP contribution in [0.5, 0.6) is 0 Å². The first-order valence-corrected chi connectivity index (χ1v) is 10.8. The summed E-state index contributed by atoms with van der Waals surface area (Å²) < 4.78 is 13.2. The largest absolute Gasteiger partial charge is 0.487 e. The average Bonchev–Trinajstić information content (AvgIpc) is 3.47. The second-order valence-corrected chi connectivity index (χ2v) is 7.65. The summed E-state index contributed by atoms with van der Waals surface area (Å²) in [6.45, 7) is 6.47. The van der Waals surface area contributed by atoms with E-state index in [1.54, 1.807) is 12.1 Å². The number of aldehydes is 1. The third kappa shape index (κ3) is 4.90. The molecule has 3 heterocycles. The van der Waals surface area contributed by atoms with Gasteiger partial charge in [0.15, 0.2) is 23.6 Å². The number of hydrogen-bond acceptors (Lipinski definition) is 7. The molecular formula is C25H25N5O3. The van der Waals surface area contributed by atoms with Crippen LogP contribution >= 0.6 is 0 Å². The van der Waals surface area contributed by atoms with Crippen LogP contribution in [0.15, 0.2) is 59.8 Å². The average molecular weight is 444 g/mol. The van der Waals surface area contributed by atoms with Crippen LogP contribution in [0.4, 0.5) is 0 Å². The van der Waals surface area contributed by atoms with E-state index in [1.165, 1.54) is 6.20 Å². The smallest absolute Gasteiger partial charge is 0.186 e. The van der Waals surface area contributed by atoms with Gasteiger partial charge in [0.1, 0.15) is 18.1 Å². The van der Waals surface area contributed by atoms with E-state index < -0.39 is 0 Å². The van der Waals surface area contributed by atoms with Gasteiger partial charge in [0, 0.05) is 42.4 Å². The summed E-state index contributed by atoms with van der Waals surface area (Å²) in [7, 11) is 1.89. The highest BCUT2D eigenvalue weighted by atomic mass is 16.5. The van der Waals surface area contributed by atoms with Gasteiger partial charge in [0.25, 0.3) is 0 Å². The van der Waals surface area contributed by atoms with Crippen molar-refractivity contribution in [3.63, 3.8) is 0 Å². The Kier molecular flexibility index (Phi) is 6.73. The van der Waals surface area contributed by atoms with Gasteiger partial charge < -0.3 is 13.8 Å². The molecule has 0 amide bonds. The molecule has 0 atom stereocenters. The Morgan fingerprint density at radius 2 is 2.00 bits per heavy atom. The van der Waals surface area contributed by atoms with Crippen LogP contribution in [0.1, 0.15) is 47.1 Å². The van der Waals surface area contributed by atoms with E-state index in [0.717, 1.165) is 42.4 Å². The van der Waals surface area contributed by atoms with Gasteiger partial charge in [0.05, 0.1) is 5.69 Å². The molecule has 0 saturated heterocycles. The first-order chi connectivity index (χ1) is 16.1. The van der Waals surface area contributed by atoms with E-state index in [-0.39, 0.29) is 6.61 Å². The number of hydrogen-bond donors (Lipinski definition) is 0. The molecule has 0 unspecified atom stereocenters. The second-order valence-electron chi connectivity index (χ2n) is 7.65. The minimum atomic E-state index is 0.232. The lowest BCUT2D eigenvalue weighted by molar-refractivity contribution is 0.112. The molecule has 33 heavy (non-hydrogen) atoms. The van der Waals surface area contributed by atoms with Crippen molar-refractivity contribution in [3.05, 3.63) is 77.8 Å². The number of benzene rings is 1. The van der Waals surface area contributed by atoms with Gasteiger partial charge in [-0.05, 0) is 18.6 Å². The topological polar surface area (TPSA) is 95.9 Å². The number of aromatic nitrogens is 5. The normalized spacial score (nSPS) is 10.8. The van der Waals surface area contributed by atoms with Crippen molar-refractivity contribution in [1.29, 1.82) is 0 Å². The number of rotatable bonds is 10. The lowest BCUT2D eigenvalue weighted by Gasteiger charge is -2.13. The summed E-state index contributed by atoms with van der Waals surface area (Å²) >= 11 is 0. The Bertz CT molecular complexity index is 1260. The maximum Gasteiger partial charge on any atom is 0.186 e. The summed E-state index contributed by atoms with van der Waals surface area (Å²) in [6.07, 6.45) is 5.26. The molecule has 0 aliphatic carbocycles. The molecule has 3 aromatic heterocycles. The standard InChI is InChI=1S/C25H25N5O3/c1-4-5-8-20-13-23(29-33-20)25-28-27-24(30(25)3)22-10-7-6-9-21(22)17(2)32-16-19-12-11-18(15-31)14-26-19/h6-7,9-15H,2,4-5,8,16H2,1,3H3. The Hall–Kier alpha value is -4.07. The molecule has 8 heteroatoms. The fraction of sp³-hybridized carbons (Fsp3) is 0.240. The quantitative estimate of drug-likeness (QED) is 0.255. The minimum absolute atomic E-state index is 0.232. The minimum Gasteiger partial charge on any atom is -0.487 e. The number of carbonyl (C=O) groups is 1. The molecule has 0 saturated carbocycles. The number of ether oxygens (including phenoxy) is 1. The Morgan fingerprint density at radius 1 is 1.18 bits per heavy atom. The molecule has 168 valence electrons. The van der Waals surface area contributed by atoms with Crippen LogP contribution in [-0.2, 0) is 24.8 Å². The first-order valence-electron chi connectivity index (χ1n) is 10.8. The number of carbonyl (C=O) groups excluding carboxylic acids is 1. The summed E-state index contributed by atoms with van der Waals surface area (Å²) in [5.74, 6) is 2.61. The summed E-state index contributed by atoms with van der Waals surface area (Å²) in [4.78, 5) is 15.0. The van der Waals surface area contributed by atoms with Gasteiger partial charge >= 0.3 is 0 Å². The molecular weight excluding hydrogens is 418 g/mol. The Balaban J connectivity index is 1.55. The summed E-state index contributed by atoms with van der Waals surface area (Å²) in [5, 5.41) is 12.9. The highest BCUT2D eigenvalue weighted by molar-refractivity contribution is 5.76. The summed E-state index contributed by atoms with van der Waals surface area (Å²) in [6, 6.07) is 13.1. The lowest BCUT2D eigenvalue weighted by Crippen LogP contribution is -2.01. The molecule has 0 aliphatic heterocycles. The van der Waals surface area contributed by atoms with Gasteiger partial charge in [-0.1, -0.05) is 49.3 Å². The molecule has 1 aromatic carbocycles. The molecule has 0 spiro atoms. The van der Waals surface area contributed by atoms with Gasteiger partial charge in [-0.25, -0.2) is 0 Å². The SMILES string of the molecule is C=C(OCc1ccc(C=O)cn1)c1ccccc1-c1nnc(-c2cc(CCCC)on2)n1C. The molecule has 0 N–H and O–H groups in total. The fourth-order valence-electron chi connectivity index (χ4n) is 3.43. The highest BCUT2D eigenvalue weighted by Gasteiger charge is 2.19. The Labute approximate surface area is 191 Å². The van der Waals surface area contributed by atoms with Gasteiger partial charge in [0.2, 0.25) is 0 Å². The predicted octanol–water partition coefficient (Wildman–Crippen LogP) is 4.87. The second kappa shape index (κ2) is 10.0. The van der Waals surface area contributed by atoms with Crippen molar-refractivity contribution in [3.8, 4) is 22.9 Å². The van der Waals surface area contributed by atoms with Crippen LogP contribution < -0.4 is 0 Å². The van der Waals surface area contributed by atoms with E-state index in [0.29, 0.717) is 34.4 Å². The maximum absolute atomic E-state index is 10.8. The molecule has 0 bridgehead atoms. The number of pyridine rings is 1. The van der Waals surface area contributed by atoms with Crippen molar-refractivity contribution in [1.82, 2.24) is 24.9 Å². The van der Waals surface area contributed by atoms with Gasteiger partial charge in [-0.3, -0.25) is 9.78 Å². The van der Waals surface area contributed by atoms with Crippen molar-refractivity contribution < 1.29 is 14.1 Å². The van der Waals surface area contributed by atoms with Crippen LogP contribution in [-0.4, -0.2) is 31.2 Å². The zero-order chi connectivity index (χ0) is 23.2. The van der Waals surface area contributed by atoms with E-state index in [4.69, 9.17) is 9.26 Å². The molecule has 0 aliphatic rings. The fourth-order valence-corrected chi connectivity index (χ4v) is 3.43. The van der Waals surface area contributed by atoms with E-state index in [9.17, 15) is 4.79 Å². The van der Waals surface area contributed by atoms with Crippen molar-refractivity contribution in [2.75, 3.05) is 0 Å². The van der Waals surface area contributed by atoms with Crippen molar-refractivity contribution in [2.24, 2.45) is 7.05 Å².